The molecular formula is C14H20N2O2. The Morgan fingerprint density at radius 3 is 2.72 bits per heavy atom. The number of carbonyl (C=O) groups excluding carboxylic acids is 1. The first kappa shape index (κ1) is 12.9. The minimum atomic E-state index is 0.0751. The molecule has 1 heterocycles. The first-order chi connectivity index (χ1) is 8.63. The van der Waals surface area contributed by atoms with Crippen LogP contribution in [0, 0.1) is 0 Å². The highest BCUT2D eigenvalue weighted by atomic mass is 16.3. The van der Waals surface area contributed by atoms with Crippen LogP contribution >= 0.6 is 0 Å². The standard InChI is InChI=1S/C14H20N2O2/c1-11(2)15-7-8-16(14(15)18)13-5-3-4-12(10-13)6-9-17/h3-5,10-11,17H,6-9H2,1-2H3. The average Bonchev–Trinajstić information content (AvgIpc) is 2.72. The van der Waals surface area contributed by atoms with E-state index < -0.39 is 0 Å². The van der Waals surface area contributed by atoms with Gasteiger partial charge in [0, 0.05) is 31.4 Å². The van der Waals surface area contributed by atoms with Crippen molar-refractivity contribution in [2.75, 3.05) is 24.6 Å². The summed E-state index contributed by atoms with van der Waals surface area (Å²) < 4.78 is 0. The first-order valence-electron chi connectivity index (χ1n) is 6.41. The van der Waals surface area contributed by atoms with E-state index in [2.05, 4.69) is 0 Å². The highest BCUT2D eigenvalue weighted by Crippen LogP contribution is 2.22. The fourth-order valence-corrected chi connectivity index (χ4v) is 2.28. The van der Waals surface area contributed by atoms with Crippen LogP contribution in [0.5, 0.6) is 0 Å². The molecule has 0 unspecified atom stereocenters. The molecular weight excluding hydrogens is 228 g/mol. The molecule has 0 saturated carbocycles. The number of hydrogen-bond donors (Lipinski definition) is 1. The smallest absolute Gasteiger partial charge is 0.324 e. The first-order valence-corrected chi connectivity index (χ1v) is 6.41. The van der Waals surface area contributed by atoms with Crippen molar-refractivity contribution in [1.29, 1.82) is 0 Å². The summed E-state index contributed by atoms with van der Waals surface area (Å²) in [5.41, 5.74) is 1.99. The van der Waals surface area contributed by atoms with Crippen molar-refractivity contribution in [1.82, 2.24) is 4.90 Å². The molecule has 0 aromatic heterocycles. The van der Waals surface area contributed by atoms with E-state index in [9.17, 15) is 4.79 Å². The topological polar surface area (TPSA) is 43.8 Å². The van der Waals surface area contributed by atoms with E-state index in [1.54, 1.807) is 4.90 Å². The summed E-state index contributed by atoms with van der Waals surface area (Å²) in [6.45, 7) is 5.71. The minimum absolute atomic E-state index is 0.0751. The van der Waals surface area contributed by atoms with Gasteiger partial charge in [0.15, 0.2) is 0 Å². The van der Waals surface area contributed by atoms with Gasteiger partial charge in [-0.3, -0.25) is 4.90 Å². The van der Waals surface area contributed by atoms with Gasteiger partial charge in [0.1, 0.15) is 0 Å². The minimum Gasteiger partial charge on any atom is -0.396 e. The number of amides is 2. The number of carbonyl (C=O) groups is 1. The van der Waals surface area contributed by atoms with Gasteiger partial charge in [-0.1, -0.05) is 12.1 Å². The largest absolute Gasteiger partial charge is 0.396 e. The van der Waals surface area contributed by atoms with Gasteiger partial charge in [0.25, 0.3) is 0 Å². The summed E-state index contributed by atoms with van der Waals surface area (Å²) in [5.74, 6) is 0. The van der Waals surface area contributed by atoms with Crippen LogP contribution in [0.15, 0.2) is 24.3 Å². The van der Waals surface area contributed by atoms with Crippen LogP contribution in [0.4, 0.5) is 10.5 Å². The van der Waals surface area contributed by atoms with Crippen LogP contribution in [-0.4, -0.2) is 41.8 Å². The van der Waals surface area contributed by atoms with Gasteiger partial charge < -0.3 is 10.0 Å². The van der Waals surface area contributed by atoms with Crippen molar-refractivity contribution in [2.45, 2.75) is 26.3 Å². The summed E-state index contributed by atoms with van der Waals surface area (Å²) in [5, 5.41) is 8.95. The zero-order valence-electron chi connectivity index (χ0n) is 11.0. The van der Waals surface area contributed by atoms with Crippen LogP contribution in [0.3, 0.4) is 0 Å². The number of rotatable bonds is 4. The number of benzene rings is 1. The summed E-state index contributed by atoms with van der Waals surface area (Å²) in [4.78, 5) is 15.9. The fraction of sp³-hybridized carbons (Fsp3) is 0.500. The molecule has 4 heteroatoms. The second kappa shape index (κ2) is 5.40. The molecule has 1 N–H and O–H groups in total. The highest BCUT2D eigenvalue weighted by molar-refractivity contribution is 5.94. The molecule has 1 aliphatic rings. The van der Waals surface area contributed by atoms with E-state index in [0.717, 1.165) is 24.3 Å². The highest BCUT2D eigenvalue weighted by Gasteiger charge is 2.30. The number of nitrogens with zero attached hydrogens (tertiary/aromatic N) is 2. The molecule has 0 atom stereocenters. The lowest BCUT2D eigenvalue weighted by atomic mass is 10.1. The van der Waals surface area contributed by atoms with Crippen molar-refractivity contribution in [2.24, 2.45) is 0 Å². The van der Waals surface area contributed by atoms with Crippen LogP contribution in [0.1, 0.15) is 19.4 Å². The molecule has 1 aromatic carbocycles. The summed E-state index contributed by atoms with van der Waals surface area (Å²) in [7, 11) is 0. The SMILES string of the molecule is CC(C)N1CCN(c2cccc(CCO)c2)C1=O. The molecule has 1 saturated heterocycles. The summed E-state index contributed by atoms with van der Waals surface area (Å²) >= 11 is 0. The maximum Gasteiger partial charge on any atom is 0.324 e. The Kier molecular flexibility index (Phi) is 3.87. The fourth-order valence-electron chi connectivity index (χ4n) is 2.28. The Labute approximate surface area is 108 Å². The molecule has 1 aliphatic heterocycles. The van der Waals surface area contributed by atoms with Crippen molar-refractivity contribution in [3.05, 3.63) is 29.8 Å². The second-order valence-electron chi connectivity index (χ2n) is 4.86. The molecule has 0 bridgehead atoms. The third-order valence-electron chi connectivity index (χ3n) is 3.29. The molecule has 4 nitrogen and oxygen atoms in total. The third-order valence-corrected chi connectivity index (χ3v) is 3.29. The Balaban J connectivity index is 2.17. The van der Waals surface area contributed by atoms with Gasteiger partial charge >= 0.3 is 6.03 Å². The van der Waals surface area contributed by atoms with E-state index >= 15 is 0 Å². The lowest BCUT2D eigenvalue weighted by Gasteiger charge is -2.22. The van der Waals surface area contributed by atoms with Crippen LogP contribution in [0.2, 0.25) is 0 Å². The van der Waals surface area contributed by atoms with Gasteiger partial charge in [-0.05, 0) is 38.0 Å². The maximum atomic E-state index is 12.2. The molecule has 2 amide bonds. The Hall–Kier alpha value is -1.55. The average molecular weight is 248 g/mol. The van der Waals surface area contributed by atoms with E-state index in [1.165, 1.54) is 0 Å². The Morgan fingerprint density at radius 1 is 1.33 bits per heavy atom. The van der Waals surface area contributed by atoms with E-state index in [0.29, 0.717) is 6.42 Å². The van der Waals surface area contributed by atoms with Gasteiger partial charge in [-0.15, -0.1) is 0 Å². The van der Waals surface area contributed by atoms with E-state index in [-0.39, 0.29) is 18.7 Å². The molecule has 0 aliphatic carbocycles. The number of hydrogen-bond acceptors (Lipinski definition) is 2. The van der Waals surface area contributed by atoms with Gasteiger partial charge in [-0.2, -0.15) is 0 Å². The van der Waals surface area contributed by atoms with Crippen molar-refractivity contribution in [3.63, 3.8) is 0 Å². The number of aliphatic hydroxyl groups is 1. The van der Waals surface area contributed by atoms with Gasteiger partial charge in [0.05, 0.1) is 0 Å². The normalized spacial score (nSPS) is 15.9. The van der Waals surface area contributed by atoms with Crippen molar-refractivity contribution in [3.8, 4) is 0 Å². The molecule has 0 spiro atoms. The lowest BCUT2D eigenvalue weighted by Crippen LogP contribution is -2.36. The van der Waals surface area contributed by atoms with E-state index in [1.807, 2.05) is 43.0 Å². The quantitative estimate of drug-likeness (QED) is 0.884. The molecule has 1 aromatic rings. The predicted molar refractivity (Wildman–Crippen MR) is 71.8 cm³/mol. The Bertz CT molecular complexity index is 432. The lowest BCUT2D eigenvalue weighted by molar-refractivity contribution is 0.209. The number of anilines is 1. The number of urea groups is 1. The van der Waals surface area contributed by atoms with Crippen LogP contribution in [-0.2, 0) is 6.42 Å². The van der Waals surface area contributed by atoms with Crippen molar-refractivity contribution >= 4 is 11.7 Å². The maximum absolute atomic E-state index is 12.2. The third kappa shape index (κ3) is 2.48. The van der Waals surface area contributed by atoms with Crippen molar-refractivity contribution < 1.29 is 9.90 Å². The second-order valence-corrected chi connectivity index (χ2v) is 4.86. The molecule has 98 valence electrons. The van der Waals surface area contributed by atoms with Crippen LogP contribution < -0.4 is 4.90 Å². The monoisotopic (exact) mass is 248 g/mol. The van der Waals surface area contributed by atoms with Crippen LogP contribution in [0.25, 0.3) is 0 Å². The summed E-state index contributed by atoms with van der Waals surface area (Å²) in [6.07, 6.45) is 0.629. The zero-order valence-corrected chi connectivity index (χ0v) is 11.0. The molecule has 0 radical (unpaired) electrons. The van der Waals surface area contributed by atoms with E-state index in [4.69, 9.17) is 5.11 Å². The molecule has 18 heavy (non-hydrogen) atoms. The molecule has 2 rings (SSSR count). The Morgan fingerprint density at radius 2 is 2.11 bits per heavy atom. The number of aliphatic hydroxyl groups excluding tert-OH is 1. The molecule has 1 fully saturated rings. The summed E-state index contributed by atoms with van der Waals surface area (Å²) in [6, 6.07) is 8.15. The zero-order chi connectivity index (χ0) is 13.1. The van der Waals surface area contributed by atoms with Gasteiger partial charge in [0.2, 0.25) is 0 Å². The predicted octanol–water partition coefficient (Wildman–Crippen LogP) is 1.87. The van der Waals surface area contributed by atoms with Gasteiger partial charge in [-0.25, -0.2) is 4.79 Å².